The number of hydrogen-bond acceptors (Lipinski definition) is 6. The number of carboxylic acid groups (broad SMARTS) is 2. The Bertz CT molecular complexity index is 606. The number of rotatable bonds is 5. The summed E-state index contributed by atoms with van der Waals surface area (Å²) in [5.74, 6) is -2.05. The Morgan fingerprint density at radius 1 is 0.850 bits per heavy atom. The predicted octanol–water partition coefficient (Wildman–Crippen LogP) is 2.67. The molecule has 2 N–H and O–H groups in total. The molecule has 2 rings (SSSR count). The van der Waals surface area contributed by atoms with Crippen molar-refractivity contribution in [2.75, 3.05) is 0 Å². The van der Waals surface area contributed by atoms with Crippen LogP contribution in [0.15, 0.2) is 46.7 Å². The fourth-order valence-corrected chi connectivity index (χ4v) is 3.05. The third-order valence-corrected chi connectivity index (χ3v) is 4.32. The summed E-state index contributed by atoms with van der Waals surface area (Å²) in [5, 5.41) is 18.8. The first kappa shape index (κ1) is 14.4. The van der Waals surface area contributed by atoms with Gasteiger partial charge in [0, 0.05) is 12.4 Å². The molecule has 0 amide bonds. The van der Waals surface area contributed by atoms with E-state index in [1.165, 1.54) is 58.2 Å². The zero-order chi connectivity index (χ0) is 14.5. The molecule has 20 heavy (non-hydrogen) atoms. The molecule has 2 aromatic heterocycles. The van der Waals surface area contributed by atoms with Gasteiger partial charge in [0.05, 0.1) is 11.1 Å². The first-order chi connectivity index (χ1) is 9.56. The van der Waals surface area contributed by atoms with Crippen molar-refractivity contribution < 1.29 is 19.8 Å². The van der Waals surface area contributed by atoms with Crippen LogP contribution >= 0.6 is 21.6 Å². The maximum Gasteiger partial charge on any atom is 0.335 e. The van der Waals surface area contributed by atoms with E-state index < -0.39 is 11.9 Å². The van der Waals surface area contributed by atoms with Crippen LogP contribution in [0.3, 0.4) is 0 Å². The second-order valence-corrected chi connectivity index (χ2v) is 5.71. The van der Waals surface area contributed by atoms with Crippen LogP contribution in [0.5, 0.6) is 0 Å². The van der Waals surface area contributed by atoms with Crippen molar-refractivity contribution in [3.05, 3.63) is 47.8 Å². The summed E-state index contributed by atoms with van der Waals surface area (Å²) in [6.45, 7) is 0. The van der Waals surface area contributed by atoms with E-state index in [0.717, 1.165) is 0 Å². The number of pyridine rings is 2. The fourth-order valence-electron chi connectivity index (χ4n) is 1.26. The molecule has 0 saturated carbocycles. The number of carboxylic acids is 2. The summed E-state index contributed by atoms with van der Waals surface area (Å²) in [4.78, 5) is 29.7. The minimum Gasteiger partial charge on any atom is -0.478 e. The van der Waals surface area contributed by atoms with Crippen molar-refractivity contribution in [2.45, 2.75) is 10.1 Å². The molecule has 0 aliphatic heterocycles. The van der Waals surface area contributed by atoms with Crippen LogP contribution in [0.4, 0.5) is 0 Å². The van der Waals surface area contributed by atoms with Crippen molar-refractivity contribution in [3.63, 3.8) is 0 Å². The van der Waals surface area contributed by atoms with Crippen LogP contribution in [0.1, 0.15) is 20.7 Å². The molecule has 0 aliphatic rings. The monoisotopic (exact) mass is 308 g/mol. The molecule has 2 aromatic rings. The van der Waals surface area contributed by atoms with Gasteiger partial charge in [0.15, 0.2) is 0 Å². The van der Waals surface area contributed by atoms with Gasteiger partial charge in [0.25, 0.3) is 0 Å². The topological polar surface area (TPSA) is 100 Å². The lowest BCUT2D eigenvalue weighted by atomic mass is 10.3. The second-order valence-electron chi connectivity index (χ2n) is 3.54. The molecule has 0 aromatic carbocycles. The molecule has 102 valence electrons. The molecule has 0 aliphatic carbocycles. The summed E-state index contributed by atoms with van der Waals surface area (Å²) in [6.07, 6.45) is 2.82. The Balaban J connectivity index is 2.08. The highest BCUT2D eigenvalue weighted by molar-refractivity contribution is 8.76. The third-order valence-electron chi connectivity index (χ3n) is 2.18. The first-order valence-corrected chi connectivity index (χ1v) is 7.44. The van der Waals surface area contributed by atoms with E-state index in [0.29, 0.717) is 10.1 Å². The van der Waals surface area contributed by atoms with Gasteiger partial charge in [-0.15, -0.1) is 0 Å². The van der Waals surface area contributed by atoms with E-state index in [9.17, 15) is 9.59 Å². The van der Waals surface area contributed by atoms with Crippen LogP contribution in [0.25, 0.3) is 0 Å². The van der Waals surface area contributed by atoms with E-state index >= 15 is 0 Å². The zero-order valence-electron chi connectivity index (χ0n) is 9.89. The molecule has 0 atom stereocenters. The van der Waals surface area contributed by atoms with Crippen LogP contribution in [-0.4, -0.2) is 32.1 Å². The second kappa shape index (κ2) is 6.40. The molecule has 0 saturated heterocycles. The van der Waals surface area contributed by atoms with Crippen molar-refractivity contribution in [1.82, 2.24) is 9.97 Å². The van der Waals surface area contributed by atoms with E-state index in [1.807, 2.05) is 0 Å². The molecule has 0 fully saturated rings. The normalized spacial score (nSPS) is 10.2. The van der Waals surface area contributed by atoms with Crippen LogP contribution in [-0.2, 0) is 0 Å². The first-order valence-electron chi connectivity index (χ1n) is 5.29. The average Bonchev–Trinajstić information content (AvgIpc) is 2.45. The van der Waals surface area contributed by atoms with Gasteiger partial charge in [-0.2, -0.15) is 0 Å². The fraction of sp³-hybridized carbons (Fsp3) is 0. The molecule has 0 unspecified atom stereocenters. The molecule has 0 bridgehead atoms. The molecule has 2 heterocycles. The lowest BCUT2D eigenvalue weighted by molar-refractivity contribution is 0.0685. The predicted molar refractivity (Wildman–Crippen MR) is 74.1 cm³/mol. The molecule has 0 spiro atoms. The van der Waals surface area contributed by atoms with Crippen molar-refractivity contribution in [3.8, 4) is 0 Å². The highest BCUT2D eigenvalue weighted by Crippen LogP contribution is 2.35. The summed E-state index contributed by atoms with van der Waals surface area (Å²) < 4.78 is 0. The standard InChI is InChI=1S/C12H8N2O4S2/c15-11(16)7-1-3-13-9(5-7)19-20-10-6-8(12(17)18)2-4-14-10/h1-6H,(H,15,16)(H,17,18). The van der Waals surface area contributed by atoms with Gasteiger partial charge < -0.3 is 10.2 Å². The van der Waals surface area contributed by atoms with Gasteiger partial charge in [0.1, 0.15) is 10.1 Å². The van der Waals surface area contributed by atoms with Gasteiger partial charge in [-0.1, -0.05) is 0 Å². The van der Waals surface area contributed by atoms with E-state index in [1.54, 1.807) is 0 Å². The molecule has 0 radical (unpaired) electrons. The largest absolute Gasteiger partial charge is 0.478 e. The Labute approximate surface area is 121 Å². The smallest absolute Gasteiger partial charge is 0.335 e. The highest BCUT2D eigenvalue weighted by atomic mass is 33.1. The zero-order valence-corrected chi connectivity index (χ0v) is 11.5. The van der Waals surface area contributed by atoms with Gasteiger partial charge in [0.2, 0.25) is 0 Å². The molecule has 6 nitrogen and oxygen atoms in total. The van der Waals surface area contributed by atoms with Crippen molar-refractivity contribution >= 4 is 33.5 Å². The quantitative estimate of drug-likeness (QED) is 0.813. The summed E-state index contributed by atoms with van der Waals surface area (Å²) in [6, 6.07) is 5.70. The van der Waals surface area contributed by atoms with E-state index in [4.69, 9.17) is 10.2 Å². The molecule has 8 heteroatoms. The average molecular weight is 308 g/mol. The lowest BCUT2D eigenvalue weighted by Gasteiger charge is -2.02. The Morgan fingerprint density at radius 2 is 1.25 bits per heavy atom. The number of aromatic carboxylic acids is 2. The third kappa shape index (κ3) is 3.72. The number of nitrogens with zero attached hydrogens (tertiary/aromatic N) is 2. The molecular formula is C12H8N2O4S2. The van der Waals surface area contributed by atoms with Gasteiger partial charge in [-0.25, -0.2) is 19.6 Å². The maximum absolute atomic E-state index is 10.8. The molecular weight excluding hydrogens is 300 g/mol. The van der Waals surface area contributed by atoms with Crippen molar-refractivity contribution in [2.24, 2.45) is 0 Å². The number of carbonyl (C=O) groups is 2. The number of hydrogen-bond donors (Lipinski definition) is 2. The van der Waals surface area contributed by atoms with Crippen LogP contribution in [0.2, 0.25) is 0 Å². The Hall–Kier alpha value is -2.06. The van der Waals surface area contributed by atoms with E-state index in [-0.39, 0.29) is 11.1 Å². The number of aromatic nitrogens is 2. The van der Waals surface area contributed by atoms with Crippen molar-refractivity contribution in [1.29, 1.82) is 0 Å². The minimum absolute atomic E-state index is 0.148. The Morgan fingerprint density at radius 3 is 1.60 bits per heavy atom. The van der Waals surface area contributed by atoms with Gasteiger partial charge >= 0.3 is 11.9 Å². The Kier molecular flexibility index (Phi) is 4.59. The minimum atomic E-state index is -1.02. The summed E-state index contributed by atoms with van der Waals surface area (Å²) in [5.41, 5.74) is 0.297. The van der Waals surface area contributed by atoms with Crippen LogP contribution in [0, 0.1) is 0 Å². The van der Waals surface area contributed by atoms with Crippen LogP contribution < -0.4 is 0 Å². The SMILES string of the molecule is O=C(O)c1ccnc(SSc2cc(C(=O)O)ccn2)c1. The van der Waals surface area contributed by atoms with Gasteiger partial charge in [-0.05, 0) is 45.9 Å². The van der Waals surface area contributed by atoms with Gasteiger partial charge in [-0.3, -0.25) is 0 Å². The summed E-state index contributed by atoms with van der Waals surface area (Å²) in [7, 11) is 2.42. The highest BCUT2D eigenvalue weighted by Gasteiger charge is 2.08. The maximum atomic E-state index is 10.8. The lowest BCUT2D eigenvalue weighted by Crippen LogP contribution is -1.97. The summed E-state index contributed by atoms with van der Waals surface area (Å²) >= 11 is 0. The van der Waals surface area contributed by atoms with E-state index in [2.05, 4.69) is 9.97 Å².